The summed E-state index contributed by atoms with van der Waals surface area (Å²) in [6, 6.07) is 0. The molecule has 15 heavy (non-hydrogen) atoms. The van der Waals surface area contributed by atoms with E-state index in [1.165, 1.54) is 0 Å². The van der Waals surface area contributed by atoms with Crippen molar-refractivity contribution in [2.24, 2.45) is 11.3 Å². The molecule has 2 nitrogen and oxygen atoms in total. The summed E-state index contributed by atoms with van der Waals surface area (Å²) in [5, 5.41) is -0.284. The van der Waals surface area contributed by atoms with Gasteiger partial charge in [-0.25, -0.2) is 8.42 Å². The lowest BCUT2D eigenvalue weighted by Gasteiger charge is -2.29. The maximum Gasteiger partial charge on any atom is 0.152 e. The monoisotopic (exact) mass is 254 g/mol. The molecule has 0 aliphatic rings. The second kappa shape index (κ2) is 5.53. The van der Waals surface area contributed by atoms with Gasteiger partial charge in [-0.2, -0.15) is 0 Å². The average Bonchev–Trinajstić information content (AvgIpc) is 2.02. The third-order valence-electron chi connectivity index (χ3n) is 2.88. The molecule has 0 saturated carbocycles. The Balaban J connectivity index is 4.38. The minimum Gasteiger partial charge on any atom is -0.229 e. The number of sulfone groups is 1. The highest BCUT2D eigenvalue weighted by Crippen LogP contribution is 2.30. The van der Waals surface area contributed by atoms with E-state index in [1.54, 1.807) is 13.8 Å². The fourth-order valence-electron chi connectivity index (χ4n) is 1.28. The van der Waals surface area contributed by atoms with Crippen molar-refractivity contribution in [1.29, 1.82) is 0 Å². The zero-order chi connectivity index (χ0) is 12.3. The van der Waals surface area contributed by atoms with Crippen LogP contribution in [0.25, 0.3) is 0 Å². The maximum absolute atomic E-state index is 11.6. The molecule has 0 spiro atoms. The molecular weight excluding hydrogens is 232 g/mol. The molecule has 1 atom stereocenters. The van der Waals surface area contributed by atoms with E-state index in [1.807, 2.05) is 0 Å². The van der Waals surface area contributed by atoms with Crippen LogP contribution in [-0.2, 0) is 9.84 Å². The first-order valence-electron chi connectivity index (χ1n) is 5.38. The van der Waals surface area contributed by atoms with E-state index in [9.17, 15) is 8.42 Å². The Morgan fingerprint density at radius 1 is 1.20 bits per heavy atom. The zero-order valence-corrected chi connectivity index (χ0v) is 12.0. The van der Waals surface area contributed by atoms with Crippen LogP contribution < -0.4 is 0 Å². The Kier molecular flexibility index (Phi) is 5.62. The molecule has 0 fully saturated rings. The Bertz CT molecular complexity index is 275. The van der Waals surface area contributed by atoms with Crippen LogP contribution in [-0.4, -0.2) is 25.3 Å². The fourth-order valence-corrected chi connectivity index (χ4v) is 2.99. The van der Waals surface area contributed by atoms with Crippen LogP contribution >= 0.6 is 11.6 Å². The first kappa shape index (κ1) is 15.2. The van der Waals surface area contributed by atoms with Gasteiger partial charge in [0, 0.05) is 5.88 Å². The van der Waals surface area contributed by atoms with Gasteiger partial charge in [0.15, 0.2) is 9.84 Å². The molecule has 0 N–H and O–H groups in total. The second-order valence-corrected chi connectivity index (χ2v) is 8.41. The summed E-state index contributed by atoms with van der Waals surface area (Å²) < 4.78 is 23.3. The van der Waals surface area contributed by atoms with Crippen molar-refractivity contribution in [3.63, 3.8) is 0 Å². The van der Waals surface area contributed by atoms with Crippen molar-refractivity contribution in [2.75, 3.05) is 11.6 Å². The highest BCUT2D eigenvalue weighted by Gasteiger charge is 2.26. The minimum absolute atomic E-state index is 0.0776. The smallest absolute Gasteiger partial charge is 0.152 e. The third kappa shape index (κ3) is 5.21. The summed E-state index contributed by atoms with van der Waals surface area (Å²) in [6.07, 6.45) is 0.660. The summed E-state index contributed by atoms with van der Waals surface area (Å²) in [7, 11) is -2.92. The van der Waals surface area contributed by atoms with Gasteiger partial charge in [0.2, 0.25) is 0 Å². The van der Waals surface area contributed by atoms with Gasteiger partial charge in [-0.15, -0.1) is 11.6 Å². The largest absolute Gasteiger partial charge is 0.229 e. The predicted octanol–water partition coefficient (Wildman–Crippen LogP) is 3.10. The van der Waals surface area contributed by atoms with E-state index in [-0.39, 0.29) is 22.3 Å². The van der Waals surface area contributed by atoms with Gasteiger partial charge in [0.1, 0.15) is 0 Å². The van der Waals surface area contributed by atoms with Gasteiger partial charge < -0.3 is 0 Å². The lowest BCUT2D eigenvalue weighted by molar-refractivity contribution is 0.259. The van der Waals surface area contributed by atoms with Gasteiger partial charge in [-0.1, -0.05) is 20.8 Å². The van der Waals surface area contributed by atoms with E-state index in [0.717, 1.165) is 0 Å². The van der Waals surface area contributed by atoms with Crippen molar-refractivity contribution in [3.05, 3.63) is 0 Å². The normalized spacial score (nSPS) is 15.7. The molecule has 0 heterocycles. The van der Waals surface area contributed by atoms with Gasteiger partial charge in [-0.3, -0.25) is 0 Å². The molecular formula is C11H23ClO2S. The molecule has 0 aliphatic carbocycles. The Morgan fingerprint density at radius 3 is 1.93 bits per heavy atom. The topological polar surface area (TPSA) is 34.1 Å². The number of hydrogen-bond acceptors (Lipinski definition) is 2. The maximum atomic E-state index is 11.6. The Hall–Kier alpha value is 0.240. The summed E-state index contributed by atoms with van der Waals surface area (Å²) in [4.78, 5) is 0. The predicted molar refractivity (Wildman–Crippen MR) is 67.2 cm³/mol. The Morgan fingerprint density at radius 2 is 1.67 bits per heavy atom. The second-order valence-electron chi connectivity index (χ2n) is 5.42. The van der Waals surface area contributed by atoms with E-state index in [0.29, 0.717) is 12.3 Å². The third-order valence-corrected chi connectivity index (χ3v) is 5.49. The quantitative estimate of drug-likeness (QED) is 0.707. The van der Waals surface area contributed by atoms with E-state index >= 15 is 0 Å². The zero-order valence-electron chi connectivity index (χ0n) is 10.4. The first-order valence-corrected chi connectivity index (χ1v) is 7.63. The van der Waals surface area contributed by atoms with Crippen LogP contribution in [0.4, 0.5) is 0 Å². The molecule has 4 heteroatoms. The van der Waals surface area contributed by atoms with Gasteiger partial charge in [0.25, 0.3) is 0 Å². The molecule has 0 aromatic carbocycles. The minimum atomic E-state index is -2.92. The molecule has 0 aromatic heterocycles. The van der Waals surface area contributed by atoms with Crippen molar-refractivity contribution in [1.82, 2.24) is 0 Å². The van der Waals surface area contributed by atoms with Crippen LogP contribution in [0.15, 0.2) is 0 Å². The van der Waals surface area contributed by atoms with Crippen LogP contribution in [0, 0.1) is 11.3 Å². The van der Waals surface area contributed by atoms with Gasteiger partial charge in [0.05, 0.1) is 11.0 Å². The van der Waals surface area contributed by atoms with Crippen molar-refractivity contribution < 1.29 is 8.42 Å². The van der Waals surface area contributed by atoms with E-state index < -0.39 is 9.84 Å². The first-order chi connectivity index (χ1) is 6.61. The summed E-state index contributed by atoms with van der Waals surface area (Å²) in [5.41, 5.74) is 0.0776. The highest BCUT2D eigenvalue weighted by molar-refractivity contribution is 7.91. The lowest BCUT2D eigenvalue weighted by atomic mass is 9.80. The molecule has 0 bridgehead atoms. The average molecular weight is 255 g/mol. The number of rotatable bonds is 5. The van der Waals surface area contributed by atoms with Crippen LogP contribution in [0.2, 0.25) is 0 Å². The Labute approximate surface area is 99.3 Å². The van der Waals surface area contributed by atoms with Crippen LogP contribution in [0.1, 0.15) is 41.0 Å². The molecule has 1 unspecified atom stereocenters. The molecule has 0 amide bonds. The van der Waals surface area contributed by atoms with E-state index in [4.69, 9.17) is 11.6 Å². The molecule has 0 aromatic rings. The molecule has 0 saturated heterocycles. The van der Waals surface area contributed by atoms with Crippen molar-refractivity contribution in [2.45, 2.75) is 46.3 Å². The molecule has 0 radical (unpaired) electrons. The standard InChI is InChI=1S/C11H23ClO2S/c1-9(2)15(13,14)7-6-10(8-12)11(3,4)5/h9-10H,6-8H2,1-5H3. The SMILES string of the molecule is CC(C)S(=O)(=O)CCC(CCl)C(C)(C)C. The summed E-state index contributed by atoms with van der Waals surface area (Å²) >= 11 is 5.87. The summed E-state index contributed by atoms with van der Waals surface area (Å²) in [5.74, 6) is 1.03. The molecule has 92 valence electrons. The number of alkyl halides is 1. The molecule has 0 rings (SSSR count). The molecule has 0 aliphatic heterocycles. The van der Waals surface area contributed by atoms with E-state index in [2.05, 4.69) is 20.8 Å². The van der Waals surface area contributed by atoms with Gasteiger partial charge in [-0.05, 0) is 31.6 Å². The lowest BCUT2D eigenvalue weighted by Crippen LogP contribution is -2.27. The van der Waals surface area contributed by atoms with Crippen LogP contribution in [0.3, 0.4) is 0 Å². The fraction of sp³-hybridized carbons (Fsp3) is 1.00. The van der Waals surface area contributed by atoms with Crippen LogP contribution in [0.5, 0.6) is 0 Å². The summed E-state index contributed by atoms with van der Waals surface area (Å²) in [6.45, 7) is 9.75. The van der Waals surface area contributed by atoms with Crippen molar-refractivity contribution >= 4 is 21.4 Å². The highest BCUT2D eigenvalue weighted by atomic mass is 35.5. The van der Waals surface area contributed by atoms with Crippen molar-refractivity contribution in [3.8, 4) is 0 Å². The van der Waals surface area contributed by atoms with Gasteiger partial charge >= 0.3 is 0 Å². The number of hydrogen-bond donors (Lipinski definition) is 0. The number of halogens is 1.